The number of rotatable bonds is 10. The van der Waals surface area contributed by atoms with Gasteiger partial charge in [-0.1, -0.05) is 74.0 Å². The molecule has 1 amide bonds. The van der Waals surface area contributed by atoms with Gasteiger partial charge in [0, 0.05) is 12.3 Å². The van der Waals surface area contributed by atoms with Crippen LogP contribution in [0.1, 0.15) is 42.4 Å². The maximum absolute atomic E-state index is 12.5. The molecule has 1 aliphatic rings. The van der Waals surface area contributed by atoms with Crippen LogP contribution in [0.3, 0.4) is 0 Å². The van der Waals surface area contributed by atoms with Crippen molar-refractivity contribution in [2.75, 3.05) is 13.2 Å². The van der Waals surface area contributed by atoms with Crippen LogP contribution in [0.15, 0.2) is 72.8 Å². The molecule has 0 aromatic heterocycles. The Kier molecular flexibility index (Phi) is 7.48. The molecule has 1 atom stereocenters. The van der Waals surface area contributed by atoms with Crippen LogP contribution in [0.5, 0.6) is 5.75 Å². The minimum absolute atomic E-state index is 0.0848. The van der Waals surface area contributed by atoms with Crippen LogP contribution in [0.4, 0.5) is 4.79 Å². The first kappa shape index (κ1) is 23.4. The van der Waals surface area contributed by atoms with E-state index in [2.05, 4.69) is 24.4 Å². The Morgan fingerprint density at radius 1 is 0.971 bits per heavy atom. The average Bonchev–Trinajstić information content (AvgIpc) is 3.16. The first-order valence-electron chi connectivity index (χ1n) is 11.6. The van der Waals surface area contributed by atoms with Gasteiger partial charge < -0.3 is 19.9 Å². The molecule has 0 saturated heterocycles. The maximum Gasteiger partial charge on any atom is 0.407 e. The lowest BCUT2D eigenvalue weighted by molar-refractivity contribution is -0.139. The van der Waals surface area contributed by atoms with Crippen molar-refractivity contribution >= 4 is 12.1 Å². The summed E-state index contributed by atoms with van der Waals surface area (Å²) >= 11 is 0. The van der Waals surface area contributed by atoms with E-state index in [1.165, 1.54) is 0 Å². The molecule has 34 heavy (non-hydrogen) atoms. The molecule has 0 radical (unpaired) electrons. The molecule has 1 unspecified atom stereocenters. The fraction of sp³-hybridized carbons (Fsp3) is 0.286. The molecule has 0 saturated carbocycles. The van der Waals surface area contributed by atoms with E-state index in [1.807, 2.05) is 60.7 Å². The average molecular weight is 460 g/mol. The summed E-state index contributed by atoms with van der Waals surface area (Å²) in [7, 11) is 0. The normalized spacial score (nSPS) is 13.0. The largest absolute Gasteiger partial charge is 0.494 e. The monoisotopic (exact) mass is 459 g/mol. The highest BCUT2D eigenvalue weighted by atomic mass is 16.5. The second kappa shape index (κ2) is 10.9. The molecule has 3 aromatic carbocycles. The van der Waals surface area contributed by atoms with Crippen LogP contribution >= 0.6 is 0 Å². The summed E-state index contributed by atoms with van der Waals surface area (Å²) in [5, 5.41) is 12.2. The zero-order chi connectivity index (χ0) is 23.9. The lowest BCUT2D eigenvalue weighted by Crippen LogP contribution is -2.42. The second-order valence-electron chi connectivity index (χ2n) is 8.41. The van der Waals surface area contributed by atoms with Crippen molar-refractivity contribution in [3.05, 3.63) is 89.5 Å². The lowest BCUT2D eigenvalue weighted by Gasteiger charge is -2.18. The molecular weight excluding hydrogens is 430 g/mol. The number of carbonyl (C=O) groups is 2. The van der Waals surface area contributed by atoms with Gasteiger partial charge in [-0.25, -0.2) is 9.59 Å². The van der Waals surface area contributed by atoms with Gasteiger partial charge in [-0.3, -0.25) is 0 Å². The van der Waals surface area contributed by atoms with Crippen LogP contribution in [0.2, 0.25) is 0 Å². The number of carboxylic acid groups (broad SMARTS) is 1. The standard InChI is InChI=1S/C28H29NO5/c1-2-3-15-33-20-10-8-9-19(16-20)17-26(27(30)31)29-28(32)34-18-25-23-13-6-4-11-21(23)22-12-5-7-14-24(22)25/h4-14,16,25-26H,2-3,15,17-18H2,1H3,(H,29,32)(H,30,31). The van der Waals surface area contributed by atoms with E-state index in [0.717, 1.165) is 40.7 Å². The summed E-state index contributed by atoms with van der Waals surface area (Å²) < 4.78 is 11.2. The Morgan fingerprint density at radius 2 is 1.65 bits per heavy atom. The summed E-state index contributed by atoms with van der Waals surface area (Å²) in [6, 6.07) is 22.3. The number of unbranched alkanes of at least 4 members (excludes halogenated alkanes) is 1. The van der Waals surface area contributed by atoms with Crippen molar-refractivity contribution < 1.29 is 24.2 Å². The number of hydrogen-bond donors (Lipinski definition) is 2. The predicted octanol–water partition coefficient (Wildman–Crippen LogP) is 5.40. The number of aliphatic carboxylic acids is 1. The summed E-state index contributed by atoms with van der Waals surface area (Å²) in [5.41, 5.74) is 5.24. The van der Waals surface area contributed by atoms with Gasteiger partial charge in [-0.05, 0) is 46.4 Å². The number of fused-ring (bicyclic) bond motifs is 3. The summed E-state index contributed by atoms with van der Waals surface area (Å²) in [5.74, 6) is -0.513. The highest BCUT2D eigenvalue weighted by molar-refractivity contribution is 5.81. The van der Waals surface area contributed by atoms with Crippen molar-refractivity contribution in [3.8, 4) is 16.9 Å². The number of alkyl carbamates (subject to hydrolysis) is 1. The van der Waals surface area contributed by atoms with Crippen LogP contribution in [0, 0.1) is 0 Å². The van der Waals surface area contributed by atoms with Gasteiger partial charge in [0.15, 0.2) is 0 Å². The molecular formula is C28H29NO5. The topological polar surface area (TPSA) is 84.9 Å². The number of ether oxygens (including phenoxy) is 2. The first-order chi connectivity index (χ1) is 16.6. The highest BCUT2D eigenvalue weighted by Crippen LogP contribution is 2.44. The van der Waals surface area contributed by atoms with Gasteiger partial charge in [0.05, 0.1) is 6.61 Å². The molecule has 6 heteroatoms. The molecule has 0 bridgehead atoms. The van der Waals surface area contributed by atoms with Crippen molar-refractivity contribution in [1.82, 2.24) is 5.32 Å². The number of carboxylic acids is 1. The minimum Gasteiger partial charge on any atom is -0.494 e. The zero-order valence-corrected chi connectivity index (χ0v) is 19.2. The van der Waals surface area contributed by atoms with Gasteiger partial charge in [-0.2, -0.15) is 0 Å². The SMILES string of the molecule is CCCCOc1cccc(CC(NC(=O)OCC2c3ccccc3-c3ccccc32)C(=O)O)c1. The fourth-order valence-electron chi connectivity index (χ4n) is 4.31. The van der Waals surface area contributed by atoms with E-state index in [9.17, 15) is 14.7 Å². The molecule has 0 aliphatic heterocycles. The third-order valence-corrected chi connectivity index (χ3v) is 6.04. The molecule has 4 rings (SSSR count). The van der Waals surface area contributed by atoms with Gasteiger partial charge in [-0.15, -0.1) is 0 Å². The molecule has 0 heterocycles. The number of carbonyl (C=O) groups excluding carboxylic acids is 1. The third kappa shape index (κ3) is 5.39. The van der Waals surface area contributed by atoms with Crippen molar-refractivity contribution in [1.29, 1.82) is 0 Å². The molecule has 176 valence electrons. The minimum atomic E-state index is -1.12. The number of hydrogen-bond acceptors (Lipinski definition) is 4. The van der Waals surface area contributed by atoms with E-state index in [-0.39, 0.29) is 18.9 Å². The molecule has 6 nitrogen and oxygen atoms in total. The lowest BCUT2D eigenvalue weighted by atomic mass is 9.98. The van der Waals surface area contributed by atoms with Crippen molar-refractivity contribution in [3.63, 3.8) is 0 Å². The number of amides is 1. The maximum atomic E-state index is 12.5. The Bertz CT molecular complexity index is 1110. The molecule has 0 fully saturated rings. The van der Waals surface area contributed by atoms with E-state index in [0.29, 0.717) is 12.4 Å². The summed E-state index contributed by atoms with van der Waals surface area (Å²) in [4.78, 5) is 24.4. The second-order valence-corrected chi connectivity index (χ2v) is 8.41. The quantitative estimate of drug-likeness (QED) is 0.397. The Morgan fingerprint density at radius 3 is 2.29 bits per heavy atom. The first-order valence-corrected chi connectivity index (χ1v) is 11.6. The van der Waals surface area contributed by atoms with Gasteiger partial charge in [0.25, 0.3) is 0 Å². The van der Waals surface area contributed by atoms with E-state index in [4.69, 9.17) is 9.47 Å². The Hall–Kier alpha value is -3.80. The van der Waals surface area contributed by atoms with Crippen LogP contribution in [-0.2, 0) is 16.0 Å². The number of nitrogens with one attached hydrogen (secondary N) is 1. The van der Waals surface area contributed by atoms with Crippen LogP contribution < -0.4 is 10.1 Å². The van der Waals surface area contributed by atoms with Crippen LogP contribution in [-0.4, -0.2) is 36.4 Å². The smallest absolute Gasteiger partial charge is 0.407 e. The Balaban J connectivity index is 1.38. The van der Waals surface area contributed by atoms with Gasteiger partial charge in [0.2, 0.25) is 0 Å². The summed E-state index contributed by atoms with van der Waals surface area (Å²) in [6.07, 6.45) is 1.37. The highest BCUT2D eigenvalue weighted by Gasteiger charge is 2.29. The van der Waals surface area contributed by atoms with E-state index < -0.39 is 18.1 Å². The van der Waals surface area contributed by atoms with Crippen molar-refractivity contribution in [2.24, 2.45) is 0 Å². The van der Waals surface area contributed by atoms with Crippen molar-refractivity contribution in [2.45, 2.75) is 38.1 Å². The third-order valence-electron chi connectivity index (χ3n) is 6.04. The zero-order valence-electron chi connectivity index (χ0n) is 19.2. The van der Waals surface area contributed by atoms with Gasteiger partial charge >= 0.3 is 12.1 Å². The number of benzene rings is 3. The molecule has 1 aliphatic carbocycles. The van der Waals surface area contributed by atoms with Crippen LogP contribution in [0.25, 0.3) is 11.1 Å². The molecule has 2 N–H and O–H groups in total. The van der Waals surface area contributed by atoms with Gasteiger partial charge in [0.1, 0.15) is 18.4 Å². The van der Waals surface area contributed by atoms with E-state index in [1.54, 1.807) is 0 Å². The predicted molar refractivity (Wildman–Crippen MR) is 130 cm³/mol. The van der Waals surface area contributed by atoms with E-state index >= 15 is 0 Å². The molecule has 3 aromatic rings. The molecule has 0 spiro atoms. The Labute approximate surface area is 199 Å². The fourth-order valence-corrected chi connectivity index (χ4v) is 4.31. The summed E-state index contributed by atoms with van der Waals surface area (Å²) in [6.45, 7) is 2.83.